The highest BCUT2D eigenvalue weighted by atomic mass is 19.1. The van der Waals surface area contributed by atoms with Gasteiger partial charge in [-0.15, -0.1) is 0 Å². The summed E-state index contributed by atoms with van der Waals surface area (Å²) >= 11 is 0. The van der Waals surface area contributed by atoms with Gasteiger partial charge in [0.1, 0.15) is 5.82 Å². The van der Waals surface area contributed by atoms with Crippen molar-refractivity contribution in [3.8, 4) is 0 Å². The number of hydrogen-bond donors (Lipinski definition) is 2. The molecule has 9 heteroatoms. The van der Waals surface area contributed by atoms with E-state index in [-0.39, 0.29) is 23.0 Å². The molecule has 6 rings (SSSR count). The number of aromatic nitrogens is 1. The summed E-state index contributed by atoms with van der Waals surface area (Å²) in [5.41, 5.74) is 3.64. The zero-order valence-corrected chi connectivity index (χ0v) is 21.4. The number of nitrogens with zero attached hydrogens (tertiary/aromatic N) is 2. The third-order valence-electron chi connectivity index (χ3n) is 7.74. The van der Waals surface area contributed by atoms with Crippen LogP contribution in [0.5, 0.6) is 0 Å². The van der Waals surface area contributed by atoms with Gasteiger partial charge in [-0.2, -0.15) is 0 Å². The monoisotopic (exact) mass is 518 g/mol. The maximum atomic E-state index is 14.3. The average Bonchev–Trinajstić information content (AvgIpc) is 3.67. The van der Waals surface area contributed by atoms with Crippen LogP contribution in [-0.2, 0) is 4.74 Å². The smallest absolute Gasteiger partial charge is 0.256 e. The number of aromatic amines is 1. The first-order valence-electron chi connectivity index (χ1n) is 13.3. The molecule has 198 valence electrons. The summed E-state index contributed by atoms with van der Waals surface area (Å²) in [7, 11) is 0. The number of nitrogens with one attached hydrogen (secondary N) is 2. The Morgan fingerprint density at radius 3 is 2.61 bits per heavy atom. The van der Waals surface area contributed by atoms with Gasteiger partial charge in [-0.05, 0) is 55.4 Å². The van der Waals surface area contributed by atoms with Gasteiger partial charge in [-0.25, -0.2) is 4.39 Å². The molecule has 1 aliphatic carbocycles. The third kappa shape index (κ3) is 4.67. The first-order valence-corrected chi connectivity index (χ1v) is 13.3. The molecular weight excluding hydrogens is 487 g/mol. The number of carbonyl (C=O) groups is 2. The quantitative estimate of drug-likeness (QED) is 0.541. The average molecular weight is 519 g/mol. The van der Waals surface area contributed by atoms with E-state index in [4.69, 9.17) is 4.74 Å². The lowest BCUT2D eigenvalue weighted by atomic mass is 9.97. The SMILES string of the molecule is Cc1cc(C(=O)N2CCOCC2)c(N2CC[C@@H](NC(=O)c3cc(=O)[nH]c4c(F)cccc34)C2)c(C2CC2)c1. The highest BCUT2D eigenvalue weighted by Gasteiger charge is 2.35. The number of fused-ring (bicyclic) bond motifs is 1. The van der Waals surface area contributed by atoms with E-state index in [1.807, 2.05) is 17.9 Å². The fourth-order valence-electron chi connectivity index (χ4n) is 5.74. The Morgan fingerprint density at radius 1 is 1.05 bits per heavy atom. The lowest BCUT2D eigenvalue weighted by molar-refractivity contribution is 0.0303. The molecule has 1 saturated carbocycles. The Morgan fingerprint density at radius 2 is 1.84 bits per heavy atom. The summed E-state index contributed by atoms with van der Waals surface area (Å²) in [5.74, 6) is -0.509. The van der Waals surface area contributed by atoms with Crippen LogP contribution >= 0.6 is 0 Å². The zero-order chi connectivity index (χ0) is 26.4. The number of halogens is 1. The van der Waals surface area contributed by atoms with Crippen molar-refractivity contribution < 1.29 is 18.7 Å². The molecule has 2 aromatic carbocycles. The predicted molar refractivity (Wildman–Crippen MR) is 142 cm³/mol. The normalized spacial score (nSPS) is 19.7. The van der Waals surface area contributed by atoms with E-state index in [9.17, 15) is 18.8 Å². The van der Waals surface area contributed by atoms with Gasteiger partial charge in [-0.3, -0.25) is 14.4 Å². The lowest BCUT2D eigenvalue weighted by Gasteiger charge is -2.31. The van der Waals surface area contributed by atoms with Crippen molar-refractivity contribution in [1.82, 2.24) is 15.2 Å². The number of amides is 2. The third-order valence-corrected chi connectivity index (χ3v) is 7.74. The van der Waals surface area contributed by atoms with Crippen LogP contribution in [0.25, 0.3) is 10.9 Å². The van der Waals surface area contributed by atoms with Crippen LogP contribution in [0.3, 0.4) is 0 Å². The maximum absolute atomic E-state index is 14.3. The van der Waals surface area contributed by atoms with Gasteiger partial charge in [0.25, 0.3) is 11.8 Å². The second-order valence-electron chi connectivity index (χ2n) is 10.5. The van der Waals surface area contributed by atoms with Gasteiger partial charge in [0.2, 0.25) is 5.56 Å². The van der Waals surface area contributed by atoms with E-state index in [1.165, 1.54) is 23.8 Å². The van der Waals surface area contributed by atoms with Crippen LogP contribution in [0.2, 0.25) is 0 Å². The Bertz CT molecular complexity index is 1480. The van der Waals surface area contributed by atoms with Gasteiger partial charge in [-0.1, -0.05) is 18.2 Å². The summed E-state index contributed by atoms with van der Waals surface area (Å²) in [6.07, 6.45) is 2.92. The molecule has 2 amide bonds. The minimum atomic E-state index is -0.578. The van der Waals surface area contributed by atoms with Crippen molar-refractivity contribution in [2.24, 2.45) is 0 Å². The first kappa shape index (κ1) is 24.6. The number of rotatable bonds is 5. The molecule has 3 aliphatic rings. The van der Waals surface area contributed by atoms with E-state index < -0.39 is 17.3 Å². The Balaban J connectivity index is 1.27. The number of morpholine rings is 1. The van der Waals surface area contributed by atoms with Crippen LogP contribution in [0.4, 0.5) is 10.1 Å². The van der Waals surface area contributed by atoms with E-state index in [2.05, 4.69) is 21.3 Å². The van der Waals surface area contributed by atoms with E-state index in [0.717, 1.165) is 29.7 Å². The van der Waals surface area contributed by atoms with Crippen molar-refractivity contribution >= 4 is 28.4 Å². The molecular formula is C29H31FN4O4. The summed E-state index contributed by atoms with van der Waals surface area (Å²) in [6.45, 7) is 5.52. The molecule has 3 heterocycles. The topological polar surface area (TPSA) is 94.7 Å². The van der Waals surface area contributed by atoms with Crippen molar-refractivity contribution in [2.75, 3.05) is 44.3 Å². The predicted octanol–water partition coefficient (Wildman–Crippen LogP) is 3.33. The highest BCUT2D eigenvalue weighted by Crippen LogP contribution is 2.47. The molecule has 3 fully saturated rings. The summed E-state index contributed by atoms with van der Waals surface area (Å²) in [6, 6.07) is 9.63. The highest BCUT2D eigenvalue weighted by molar-refractivity contribution is 6.06. The lowest BCUT2D eigenvalue weighted by Crippen LogP contribution is -2.42. The van der Waals surface area contributed by atoms with E-state index >= 15 is 0 Å². The van der Waals surface area contributed by atoms with E-state index in [0.29, 0.717) is 57.1 Å². The molecule has 2 saturated heterocycles. The largest absolute Gasteiger partial charge is 0.378 e. The van der Waals surface area contributed by atoms with Gasteiger partial charge >= 0.3 is 0 Å². The number of carbonyl (C=O) groups excluding carboxylic acids is 2. The summed E-state index contributed by atoms with van der Waals surface area (Å²) in [4.78, 5) is 45.6. The van der Waals surface area contributed by atoms with Crippen LogP contribution in [-0.4, -0.2) is 67.1 Å². The molecule has 2 aliphatic heterocycles. The molecule has 2 N–H and O–H groups in total. The van der Waals surface area contributed by atoms with Gasteiger partial charge in [0.05, 0.1) is 35.5 Å². The Hall–Kier alpha value is -3.72. The molecule has 8 nitrogen and oxygen atoms in total. The van der Waals surface area contributed by atoms with Crippen molar-refractivity contribution in [3.63, 3.8) is 0 Å². The Kier molecular flexibility index (Phi) is 6.39. The van der Waals surface area contributed by atoms with E-state index in [1.54, 1.807) is 6.07 Å². The number of aryl methyl sites for hydroxylation is 1. The van der Waals surface area contributed by atoms with Gasteiger partial charge in [0.15, 0.2) is 0 Å². The summed E-state index contributed by atoms with van der Waals surface area (Å²) < 4.78 is 19.7. The van der Waals surface area contributed by atoms with Gasteiger partial charge < -0.3 is 24.8 Å². The van der Waals surface area contributed by atoms with Crippen molar-refractivity contribution in [3.05, 3.63) is 74.8 Å². The number of ether oxygens (including phenoxy) is 1. The van der Waals surface area contributed by atoms with Crippen LogP contribution in [0.1, 0.15) is 57.0 Å². The molecule has 3 aromatic rings. The Labute approximate surface area is 219 Å². The number of benzene rings is 2. The minimum absolute atomic E-state index is 0.0261. The fourth-order valence-corrected chi connectivity index (χ4v) is 5.74. The van der Waals surface area contributed by atoms with Crippen LogP contribution in [0, 0.1) is 12.7 Å². The molecule has 1 atom stereocenters. The standard InChI is InChI=1S/C29H31FN4O4/c1-17-13-21(18-5-6-18)27(23(14-17)29(37)33-9-11-38-12-10-33)34-8-7-19(16-34)31-28(36)22-15-25(35)32-26-20(22)3-2-4-24(26)30/h2-4,13-15,18-19H,5-12,16H2,1H3,(H,31,36)(H,32,35)/t19-/m1/s1. The maximum Gasteiger partial charge on any atom is 0.256 e. The molecule has 0 spiro atoms. The second kappa shape index (κ2) is 9.87. The fraction of sp³-hybridized carbons (Fsp3) is 0.414. The number of para-hydroxylation sites is 1. The first-order chi connectivity index (χ1) is 18.4. The number of pyridine rings is 1. The molecule has 0 unspecified atom stereocenters. The minimum Gasteiger partial charge on any atom is -0.378 e. The van der Waals surface area contributed by atoms with Crippen LogP contribution in [0.15, 0.2) is 41.2 Å². The van der Waals surface area contributed by atoms with Crippen molar-refractivity contribution in [1.29, 1.82) is 0 Å². The zero-order valence-electron chi connectivity index (χ0n) is 21.4. The molecule has 0 radical (unpaired) electrons. The second-order valence-corrected chi connectivity index (χ2v) is 10.5. The molecule has 1 aromatic heterocycles. The van der Waals surface area contributed by atoms with Crippen LogP contribution < -0.4 is 15.8 Å². The molecule has 0 bridgehead atoms. The molecule has 38 heavy (non-hydrogen) atoms. The number of H-pyrrole nitrogens is 1. The number of hydrogen-bond acceptors (Lipinski definition) is 5. The number of anilines is 1. The summed E-state index contributed by atoms with van der Waals surface area (Å²) in [5, 5.41) is 3.42. The van der Waals surface area contributed by atoms with Crippen molar-refractivity contribution in [2.45, 2.75) is 38.1 Å². The van der Waals surface area contributed by atoms with Gasteiger partial charge in [0, 0.05) is 43.7 Å².